The summed E-state index contributed by atoms with van der Waals surface area (Å²) in [4.78, 5) is 15.1. The van der Waals surface area contributed by atoms with E-state index in [4.69, 9.17) is 0 Å². The van der Waals surface area contributed by atoms with Crippen LogP contribution in [0.3, 0.4) is 0 Å². The number of nitrogens with zero attached hydrogens (tertiary/aromatic N) is 2. The quantitative estimate of drug-likeness (QED) is 0.700. The van der Waals surface area contributed by atoms with Crippen LogP contribution in [0, 0.1) is 19.7 Å². The van der Waals surface area contributed by atoms with Crippen LogP contribution in [0.25, 0.3) is 11.3 Å². The van der Waals surface area contributed by atoms with Gasteiger partial charge >= 0.3 is 0 Å². The third kappa shape index (κ3) is 3.21. The minimum Gasteiger partial charge on any atom is -0.330 e. The molecule has 4 nitrogen and oxygen atoms in total. The van der Waals surface area contributed by atoms with Gasteiger partial charge in [-0.1, -0.05) is 30.7 Å². The molecule has 1 unspecified atom stereocenters. The number of aromatic nitrogens is 2. The fraction of sp³-hybridized carbons (Fsp3) is 0.304. The lowest BCUT2D eigenvalue weighted by Gasteiger charge is -2.37. The van der Waals surface area contributed by atoms with E-state index in [0.29, 0.717) is 23.5 Å². The van der Waals surface area contributed by atoms with Crippen molar-refractivity contribution in [1.82, 2.24) is 15.1 Å². The lowest BCUT2D eigenvalue weighted by molar-refractivity contribution is 0.0649. The van der Waals surface area contributed by atoms with Gasteiger partial charge in [0.15, 0.2) is 0 Å². The van der Waals surface area contributed by atoms with E-state index < -0.39 is 0 Å². The molecule has 0 fully saturated rings. The molecule has 0 spiro atoms. The minimum atomic E-state index is -0.247. The van der Waals surface area contributed by atoms with Crippen LogP contribution in [0.4, 0.5) is 4.39 Å². The lowest BCUT2D eigenvalue weighted by atomic mass is 9.89. The number of hydrogen-bond donors (Lipinski definition) is 1. The van der Waals surface area contributed by atoms with Crippen molar-refractivity contribution in [2.75, 3.05) is 6.54 Å². The summed E-state index contributed by atoms with van der Waals surface area (Å²) in [7, 11) is 0. The fourth-order valence-electron chi connectivity index (χ4n) is 4.06. The summed E-state index contributed by atoms with van der Waals surface area (Å²) in [5, 5.41) is 7.16. The van der Waals surface area contributed by atoms with Gasteiger partial charge < -0.3 is 4.90 Å². The van der Waals surface area contributed by atoms with Gasteiger partial charge in [0.25, 0.3) is 5.91 Å². The SMILES string of the molecule is CCC1c2ccc(C)cc2CCN1C(=O)c1cc(-c2ccc(F)c(C)c2)n[nH]1. The highest BCUT2D eigenvalue weighted by Gasteiger charge is 2.31. The van der Waals surface area contributed by atoms with Crippen LogP contribution in [0.1, 0.15) is 52.1 Å². The molecule has 1 atom stereocenters. The summed E-state index contributed by atoms with van der Waals surface area (Å²) in [5.41, 5.74) is 6.28. The standard InChI is InChI=1S/C23H24FN3O/c1-4-22-18-7-5-14(2)11-16(18)9-10-27(22)23(28)21-13-20(25-26-21)17-6-8-19(24)15(3)12-17/h5-8,11-13,22H,4,9-10H2,1-3H3,(H,25,26). The van der Waals surface area contributed by atoms with E-state index in [0.717, 1.165) is 18.4 Å². The Morgan fingerprint density at radius 1 is 1.21 bits per heavy atom. The monoisotopic (exact) mass is 377 g/mol. The van der Waals surface area contributed by atoms with Crippen LogP contribution in [-0.2, 0) is 6.42 Å². The Morgan fingerprint density at radius 3 is 2.79 bits per heavy atom. The third-order valence-electron chi connectivity index (χ3n) is 5.57. The van der Waals surface area contributed by atoms with Crippen molar-refractivity contribution in [3.63, 3.8) is 0 Å². The number of H-pyrrole nitrogens is 1. The highest BCUT2D eigenvalue weighted by molar-refractivity contribution is 5.94. The van der Waals surface area contributed by atoms with E-state index in [-0.39, 0.29) is 17.8 Å². The molecule has 1 aliphatic rings. The smallest absolute Gasteiger partial charge is 0.272 e. The van der Waals surface area contributed by atoms with E-state index in [1.54, 1.807) is 25.1 Å². The molecule has 0 saturated heterocycles. The Kier molecular flexibility index (Phi) is 4.75. The number of hydrogen-bond acceptors (Lipinski definition) is 2. The first kappa shape index (κ1) is 18.4. The van der Waals surface area contributed by atoms with Crippen molar-refractivity contribution in [2.24, 2.45) is 0 Å². The summed E-state index contributed by atoms with van der Waals surface area (Å²) in [5.74, 6) is -0.292. The molecular formula is C23H24FN3O. The van der Waals surface area contributed by atoms with E-state index in [2.05, 4.69) is 42.2 Å². The molecule has 0 bridgehead atoms. The van der Waals surface area contributed by atoms with Gasteiger partial charge in [0.05, 0.1) is 11.7 Å². The number of carbonyl (C=O) groups is 1. The van der Waals surface area contributed by atoms with Crippen LogP contribution in [0.15, 0.2) is 42.5 Å². The van der Waals surface area contributed by atoms with E-state index in [9.17, 15) is 9.18 Å². The number of rotatable bonds is 3. The molecule has 3 aromatic rings. The maximum absolute atomic E-state index is 13.5. The molecule has 5 heteroatoms. The Morgan fingerprint density at radius 2 is 2.04 bits per heavy atom. The largest absolute Gasteiger partial charge is 0.330 e. The molecule has 2 heterocycles. The second kappa shape index (κ2) is 7.23. The molecule has 1 aromatic heterocycles. The summed E-state index contributed by atoms with van der Waals surface area (Å²) >= 11 is 0. The van der Waals surface area contributed by atoms with Crippen molar-refractivity contribution in [2.45, 2.75) is 39.7 Å². The topological polar surface area (TPSA) is 49.0 Å². The molecule has 1 N–H and O–H groups in total. The first-order chi connectivity index (χ1) is 13.5. The van der Waals surface area contributed by atoms with Gasteiger partial charge in [0.2, 0.25) is 0 Å². The van der Waals surface area contributed by atoms with Crippen molar-refractivity contribution in [1.29, 1.82) is 0 Å². The molecule has 1 amide bonds. The zero-order valence-electron chi connectivity index (χ0n) is 16.4. The molecule has 0 aliphatic carbocycles. The molecular weight excluding hydrogens is 353 g/mol. The number of amides is 1. The number of halogens is 1. The highest BCUT2D eigenvalue weighted by Crippen LogP contribution is 2.34. The van der Waals surface area contributed by atoms with Gasteiger partial charge in [0, 0.05) is 12.1 Å². The first-order valence-electron chi connectivity index (χ1n) is 9.70. The van der Waals surface area contributed by atoms with Crippen LogP contribution >= 0.6 is 0 Å². The van der Waals surface area contributed by atoms with Gasteiger partial charge in [-0.15, -0.1) is 0 Å². The zero-order chi connectivity index (χ0) is 19.8. The number of nitrogens with one attached hydrogen (secondary N) is 1. The van der Waals surface area contributed by atoms with Gasteiger partial charge in [-0.25, -0.2) is 4.39 Å². The summed E-state index contributed by atoms with van der Waals surface area (Å²) in [6, 6.07) is 13.2. The van der Waals surface area contributed by atoms with Crippen LogP contribution in [0.2, 0.25) is 0 Å². The van der Waals surface area contributed by atoms with Gasteiger partial charge in [-0.2, -0.15) is 5.10 Å². The average molecular weight is 377 g/mol. The zero-order valence-corrected chi connectivity index (χ0v) is 16.4. The summed E-state index contributed by atoms with van der Waals surface area (Å²) in [6.45, 7) is 6.62. The van der Waals surface area contributed by atoms with E-state index in [1.165, 1.54) is 22.8 Å². The summed E-state index contributed by atoms with van der Waals surface area (Å²) in [6.07, 6.45) is 1.72. The first-order valence-corrected chi connectivity index (χ1v) is 9.70. The van der Waals surface area contributed by atoms with Gasteiger partial charge in [-0.05, 0) is 67.6 Å². The minimum absolute atomic E-state index is 0.0457. The highest BCUT2D eigenvalue weighted by atomic mass is 19.1. The number of carbonyl (C=O) groups excluding carboxylic acids is 1. The fourth-order valence-corrected chi connectivity index (χ4v) is 4.06. The van der Waals surface area contributed by atoms with Crippen molar-refractivity contribution in [3.05, 3.63) is 76.2 Å². The van der Waals surface area contributed by atoms with E-state index >= 15 is 0 Å². The second-order valence-electron chi connectivity index (χ2n) is 7.51. The maximum Gasteiger partial charge on any atom is 0.272 e. The lowest BCUT2D eigenvalue weighted by Crippen LogP contribution is -2.40. The van der Waals surface area contributed by atoms with Gasteiger partial charge in [0.1, 0.15) is 11.5 Å². The Hall–Kier alpha value is -2.95. The summed E-state index contributed by atoms with van der Waals surface area (Å²) < 4.78 is 13.5. The van der Waals surface area contributed by atoms with Crippen molar-refractivity contribution < 1.29 is 9.18 Å². The van der Waals surface area contributed by atoms with Crippen LogP contribution in [-0.4, -0.2) is 27.5 Å². The maximum atomic E-state index is 13.5. The van der Waals surface area contributed by atoms with Crippen LogP contribution in [0.5, 0.6) is 0 Å². The Bertz CT molecular complexity index is 1040. The predicted molar refractivity (Wildman–Crippen MR) is 108 cm³/mol. The predicted octanol–water partition coefficient (Wildman–Crippen LogP) is 4.98. The molecule has 144 valence electrons. The molecule has 0 saturated carbocycles. The Labute approximate surface area is 164 Å². The molecule has 4 rings (SSSR count). The van der Waals surface area contributed by atoms with Crippen molar-refractivity contribution in [3.8, 4) is 11.3 Å². The Balaban J connectivity index is 1.62. The van der Waals surface area contributed by atoms with Crippen molar-refractivity contribution >= 4 is 5.91 Å². The molecule has 0 radical (unpaired) electrons. The second-order valence-corrected chi connectivity index (χ2v) is 7.51. The number of benzene rings is 2. The number of aromatic amines is 1. The number of aryl methyl sites for hydroxylation is 2. The molecule has 1 aliphatic heterocycles. The van der Waals surface area contributed by atoms with Gasteiger partial charge in [-0.3, -0.25) is 9.89 Å². The normalized spacial score (nSPS) is 16.1. The van der Waals surface area contributed by atoms with E-state index in [1.807, 2.05) is 4.90 Å². The van der Waals surface area contributed by atoms with Crippen LogP contribution < -0.4 is 0 Å². The average Bonchev–Trinajstić information content (AvgIpc) is 3.18. The third-order valence-corrected chi connectivity index (χ3v) is 5.57. The number of fused-ring (bicyclic) bond motifs is 1. The molecule has 28 heavy (non-hydrogen) atoms. The molecule has 2 aromatic carbocycles.